The van der Waals surface area contributed by atoms with E-state index in [0.29, 0.717) is 12.5 Å². The second-order valence-electron chi connectivity index (χ2n) is 2.65. The zero-order valence-electron chi connectivity index (χ0n) is 6.71. The molecule has 0 saturated carbocycles. The van der Waals surface area contributed by atoms with Crippen LogP contribution >= 0.6 is 15.9 Å². The highest BCUT2D eigenvalue weighted by Gasteiger charge is 2.10. The van der Waals surface area contributed by atoms with E-state index in [1.54, 1.807) is 4.68 Å². The topological polar surface area (TPSA) is 43.8 Å². The van der Waals surface area contributed by atoms with Crippen molar-refractivity contribution in [3.05, 3.63) is 16.4 Å². The number of nitrogens with two attached hydrogens (primary N) is 1. The molecule has 1 atom stereocenters. The summed E-state index contributed by atoms with van der Waals surface area (Å²) in [6.45, 7) is 2.74. The van der Waals surface area contributed by atoms with Gasteiger partial charge in [-0.15, -0.1) is 0 Å². The molecular weight excluding hydrogens is 206 g/mol. The monoisotopic (exact) mass is 217 g/mol. The molecule has 0 radical (unpaired) electrons. The summed E-state index contributed by atoms with van der Waals surface area (Å²) in [6.07, 6.45) is 1.85. The van der Waals surface area contributed by atoms with E-state index < -0.39 is 0 Å². The highest BCUT2D eigenvalue weighted by molar-refractivity contribution is 9.10. The lowest BCUT2D eigenvalue weighted by Gasteiger charge is -2.05. The maximum atomic E-state index is 5.52. The van der Waals surface area contributed by atoms with Gasteiger partial charge in [0.2, 0.25) is 0 Å². The smallest absolute Gasteiger partial charge is 0.107 e. The van der Waals surface area contributed by atoms with Crippen molar-refractivity contribution in [1.82, 2.24) is 9.78 Å². The second-order valence-corrected chi connectivity index (χ2v) is 3.40. The number of nitrogens with zero attached hydrogens (tertiary/aromatic N) is 2. The molecule has 0 spiro atoms. The lowest BCUT2D eigenvalue weighted by Crippen LogP contribution is -2.08. The Morgan fingerprint density at radius 2 is 2.45 bits per heavy atom. The first-order chi connectivity index (χ1) is 5.16. The molecule has 62 valence electrons. The first-order valence-corrected chi connectivity index (χ1v) is 4.33. The Kier molecular flexibility index (Phi) is 2.67. The fraction of sp³-hybridized carbons (Fsp3) is 0.571. The molecule has 0 aliphatic heterocycles. The number of hydrogen-bond donors (Lipinski definition) is 1. The number of aryl methyl sites for hydroxylation is 1. The van der Waals surface area contributed by atoms with Crippen molar-refractivity contribution in [2.75, 3.05) is 6.54 Å². The quantitative estimate of drug-likeness (QED) is 0.811. The second kappa shape index (κ2) is 3.36. The molecule has 4 heteroatoms. The van der Waals surface area contributed by atoms with Crippen LogP contribution in [0.3, 0.4) is 0 Å². The van der Waals surface area contributed by atoms with Gasteiger partial charge in [0.05, 0.1) is 6.20 Å². The molecule has 0 bridgehead atoms. The summed E-state index contributed by atoms with van der Waals surface area (Å²) in [6, 6.07) is 0. The van der Waals surface area contributed by atoms with Crippen molar-refractivity contribution in [3.63, 3.8) is 0 Å². The van der Waals surface area contributed by atoms with Crippen molar-refractivity contribution in [3.8, 4) is 0 Å². The summed E-state index contributed by atoms with van der Waals surface area (Å²) >= 11 is 3.44. The van der Waals surface area contributed by atoms with E-state index in [0.717, 1.165) is 4.60 Å². The van der Waals surface area contributed by atoms with Gasteiger partial charge in [-0.05, 0) is 28.4 Å². The summed E-state index contributed by atoms with van der Waals surface area (Å²) in [4.78, 5) is 0. The molecule has 0 aromatic carbocycles. The molecule has 0 aliphatic carbocycles. The third-order valence-electron chi connectivity index (χ3n) is 1.78. The van der Waals surface area contributed by atoms with E-state index in [-0.39, 0.29) is 0 Å². The third-order valence-corrected chi connectivity index (χ3v) is 2.75. The van der Waals surface area contributed by atoms with E-state index in [1.165, 1.54) is 5.56 Å². The molecule has 1 unspecified atom stereocenters. The van der Waals surface area contributed by atoms with Crippen LogP contribution in [0.25, 0.3) is 0 Å². The van der Waals surface area contributed by atoms with Crippen molar-refractivity contribution in [1.29, 1.82) is 0 Å². The Bertz CT molecular complexity index is 244. The largest absolute Gasteiger partial charge is 0.330 e. The molecule has 3 nitrogen and oxygen atoms in total. The molecule has 1 heterocycles. The van der Waals surface area contributed by atoms with Crippen molar-refractivity contribution in [2.45, 2.75) is 12.8 Å². The van der Waals surface area contributed by atoms with Gasteiger partial charge in [-0.25, -0.2) is 0 Å². The molecule has 11 heavy (non-hydrogen) atoms. The van der Waals surface area contributed by atoms with Crippen LogP contribution in [0.5, 0.6) is 0 Å². The molecule has 1 rings (SSSR count). The van der Waals surface area contributed by atoms with Crippen LogP contribution in [0, 0.1) is 0 Å². The SMILES string of the molecule is CC(CN)c1cnn(C)c1Br. The van der Waals surface area contributed by atoms with Gasteiger partial charge in [-0.2, -0.15) is 5.10 Å². The standard InChI is InChI=1S/C7H12BrN3/c1-5(3-9)6-4-10-11(2)7(6)8/h4-5H,3,9H2,1-2H3. The highest BCUT2D eigenvalue weighted by atomic mass is 79.9. The van der Waals surface area contributed by atoms with Crippen LogP contribution in [0.1, 0.15) is 18.4 Å². The van der Waals surface area contributed by atoms with Gasteiger partial charge in [-0.1, -0.05) is 6.92 Å². The van der Waals surface area contributed by atoms with Crippen LogP contribution in [-0.4, -0.2) is 16.3 Å². The number of rotatable bonds is 2. The lowest BCUT2D eigenvalue weighted by molar-refractivity contribution is 0.734. The molecule has 1 aromatic rings. The van der Waals surface area contributed by atoms with Crippen molar-refractivity contribution in [2.24, 2.45) is 12.8 Å². The van der Waals surface area contributed by atoms with Gasteiger partial charge in [0.1, 0.15) is 4.60 Å². The van der Waals surface area contributed by atoms with Crippen LogP contribution in [0.15, 0.2) is 10.8 Å². The maximum absolute atomic E-state index is 5.52. The Morgan fingerprint density at radius 1 is 1.82 bits per heavy atom. The molecule has 0 saturated heterocycles. The summed E-state index contributed by atoms with van der Waals surface area (Å²) in [7, 11) is 1.90. The van der Waals surface area contributed by atoms with Crippen molar-refractivity contribution < 1.29 is 0 Å². The van der Waals surface area contributed by atoms with Crippen LogP contribution < -0.4 is 5.73 Å². The zero-order chi connectivity index (χ0) is 8.43. The predicted molar refractivity (Wildman–Crippen MR) is 48.4 cm³/mol. The summed E-state index contributed by atoms with van der Waals surface area (Å²) < 4.78 is 2.82. The van der Waals surface area contributed by atoms with E-state index >= 15 is 0 Å². The van der Waals surface area contributed by atoms with Crippen LogP contribution in [0.2, 0.25) is 0 Å². The number of aromatic nitrogens is 2. The molecule has 1 aromatic heterocycles. The molecule has 0 aliphatic rings. The minimum Gasteiger partial charge on any atom is -0.330 e. The van der Waals surface area contributed by atoms with Crippen LogP contribution in [0.4, 0.5) is 0 Å². The van der Waals surface area contributed by atoms with E-state index in [2.05, 4.69) is 28.0 Å². The number of hydrogen-bond acceptors (Lipinski definition) is 2. The molecule has 2 N–H and O–H groups in total. The summed E-state index contributed by atoms with van der Waals surface area (Å²) in [5.74, 6) is 0.373. The maximum Gasteiger partial charge on any atom is 0.107 e. The van der Waals surface area contributed by atoms with Crippen LogP contribution in [-0.2, 0) is 7.05 Å². The van der Waals surface area contributed by atoms with Gasteiger partial charge in [0, 0.05) is 12.6 Å². The first-order valence-electron chi connectivity index (χ1n) is 3.54. The molecular formula is C7H12BrN3. The van der Waals surface area contributed by atoms with Gasteiger partial charge >= 0.3 is 0 Å². The fourth-order valence-corrected chi connectivity index (χ4v) is 1.48. The van der Waals surface area contributed by atoms with E-state index in [4.69, 9.17) is 5.73 Å². The Labute approximate surface area is 74.7 Å². The van der Waals surface area contributed by atoms with Gasteiger partial charge in [0.15, 0.2) is 0 Å². The zero-order valence-corrected chi connectivity index (χ0v) is 8.30. The fourth-order valence-electron chi connectivity index (χ4n) is 0.897. The normalized spacial score (nSPS) is 13.5. The van der Waals surface area contributed by atoms with Gasteiger partial charge in [0.25, 0.3) is 0 Å². The minimum absolute atomic E-state index is 0.373. The average Bonchev–Trinajstić information content (AvgIpc) is 2.32. The molecule has 0 fully saturated rings. The lowest BCUT2D eigenvalue weighted by atomic mass is 10.1. The Morgan fingerprint density at radius 3 is 2.82 bits per heavy atom. The van der Waals surface area contributed by atoms with E-state index in [9.17, 15) is 0 Å². The first kappa shape index (κ1) is 8.74. The average molecular weight is 218 g/mol. The summed E-state index contributed by atoms with van der Waals surface area (Å²) in [5.41, 5.74) is 6.70. The predicted octanol–water partition coefficient (Wildman–Crippen LogP) is 1.24. The third kappa shape index (κ3) is 1.62. The van der Waals surface area contributed by atoms with Gasteiger partial charge < -0.3 is 5.73 Å². The van der Waals surface area contributed by atoms with Gasteiger partial charge in [-0.3, -0.25) is 4.68 Å². The highest BCUT2D eigenvalue weighted by Crippen LogP contribution is 2.22. The summed E-state index contributed by atoms with van der Waals surface area (Å²) in [5, 5.41) is 4.10. The van der Waals surface area contributed by atoms with Crippen molar-refractivity contribution >= 4 is 15.9 Å². The minimum atomic E-state index is 0.373. The Balaban J connectivity index is 2.94. The van der Waals surface area contributed by atoms with E-state index in [1.807, 2.05) is 13.2 Å². The number of halogens is 1. The Hall–Kier alpha value is -0.350. The molecule has 0 amide bonds.